The molecule has 0 saturated carbocycles. The van der Waals surface area contributed by atoms with Crippen LogP contribution >= 0.6 is 23.2 Å². The van der Waals surface area contributed by atoms with E-state index >= 15 is 0 Å². The van der Waals surface area contributed by atoms with Gasteiger partial charge in [-0.2, -0.15) is 0 Å². The third-order valence-electron chi connectivity index (χ3n) is 7.60. The molecule has 2 aromatic heterocycles. The van der Waals surface area contributed by atoms with Crippen LogP contribution in [0.15, 0.2) is 65.8 Å². The van der Waals surface area contributed by atoms with Crippen molar-refractivity contribution in [2.75, 3.05) is 24.5 Å². The van der Waals surface area contributed by atoms with E-state index in [1.807, 2.05) is 24.3 Å². The van der Waals surface area contributed by atoms with Crippen LogP contribution < -0.4 is 21.1 Å². The number of piperazine rings is 1. The zero-order valence-corrected chi connectivity index (χ0v) is 24.1. The molecule has 0 aliphatic carbocycles. The van der Waals surface area contributed by atoms with Crippen molar-refractivity contribution in [3.63, 3.8) is 0 Å². The Labute approximate surface area is 251 Å². The molecule has 2 aliphatic rings. The van der Waals surface area contributed by atoms with E-state index in [4.69, 9.17) is 23.2 Å². The van der Waals surface area contributed by atoms with Gasteiger partial charge in [-0.05, 0) is 48.7 Å². The van der Waals surface area contributed by atoms with Crippen LogP contribution in [0.3, 0.4) is 0 Å². The number of anilines is 1. The van der Waals surface area contributed by atoms with Crippen LogP contribution in [0, 0.1) is 0 Å². The molecule has 2 aromatic carbocycles. The Morgan fingerprint density at radius 1 is 0.952 bits per heavy atom. The van der Waals surface area contributed by atoms with E-state index in [1.54, 1.807) is 40.2 Å². The molecule has 13 heteroatoms. The third kappa shape index (κ3) is 5.67. The minimum atomic E-state index is -0.656. The van der Waals surface area contributed by atoms with Gasteiger partial charge >= 0.3 is 0 Å². The Morgan fingerprint density at radius 2 is 1.83 bits per heavy atom. The number of halogens is 2. The first-order valence-electron chi connectivity index (χ1n) is 13.8. The highest BCUT2D eigenvalue weighted by atomic mass is 35.5. The zero-order chi connectivity index (χ0) is 29.2. The fraction of sp³-hybridized carbons (Fsp3) is 0.310. The van der Waals surface area contributed by atoms with Crippen LogP contribution in [-0.4, -0.2) is 62.0 Å². The number of aromatic nitrogens is 5. The molecule has 42 heavy (non-hydrogen) atoms. The van der Waals surface area contributed by atoms with E-state index in [-0.39, 0.29) is 35.1 Å². The summed E-state index contributed by atoms with van der Waals surface area (Å²) in [4.78, 5) is 45.9. The number of nitrogens with zero attached hydrogens (tertiary/aromatic N) is 6. The van der Waals surface area contributed by atoms with Crippen LogP contribution in [0.4, 0.5) is 5.69 Å². The Balaban J connectivity index is 1.40. The maximum atomic E-state index is 13.7. The number of hydrogen-bond donors (Lipinski definition) is 2. The number of amides is 2. The predicted molar refractivity (Wildman–Crippen MR) is 159 cm³/mol. The van der Waals surface area contributed by atoms with Crippen LogP contribution in [0.1, 0.15) is 37.3 Å². The van der Waals surface area contributed by atoms with Crippen molar-refractivity contribution < 1.29 is 9.59 Å². The van der Waals surface area contributed by atoms with Crippen molar-refractivity contribution >= 4 is 40.7 Å². The molecule has 2 aliphatic heterocycles. The molecule has 216 valence electrons. The molecular weight excluding hydrogens is 579 g/mol. The first-order valence-corrected chi connectivity index (χ1v) is 14.5. The summed E-state index contributed by atoms with van der Waals surface area (Å²) in [5.41, 5.74) is 2.89. The van der Waals surface area contributed by atoms with Gasteiger partial charge in [0, 0.05) is 35.4 Å². The normalized spacial score (nSPS) is 19.7. The number of hydrogen-bond acceptors (Lipinski definition) is 7. The fourth-order valence-corrected chi connectivity index (χ4v) is 5.88. The van der Waals surface area contributed by atoms with Crippen molar-refractivity contribution in [1.29, 1.82) is 0 Å². The smallest absolute Gasteiger partial charge is 0.254 e. The van der Waals surface area contributed by atoms with Gasteiger partial charge in [0.2, 0.25) is 11.8 Å². The molecule has 0 radical (unpaired) electrons. The number of nitrogens with one attached hydrogen (secondary N) is 2. The number of benzene rings is 2. The topological polar surface area (TPSA) is 127 Å². The molecule has 2 bridgehead atoms. The van der Waals surface area contributed by atoms with Gasteiger partial charge in [0.25, 0.3) is 5.56 Å². The minimum Gasteiger partial charge on any atom is -0.354 e. The fourth-order valence-electron chi connectivity index (χ4n) is 5.58. The summed E-state index contributed by atoms with van der Waals surface area (Å²) in [6.45, 7) is 1.03. The van der Waals surface area contributed by atoms with Crippen molar-refractivity contribution in [3.8, 4) is 16.9 Å². The first-order chi connectivity index (χ1) is 20.4. The van der Waals surface area contributed by atoms with E-state index < -0.39 is 6.04 Å². The number of carbonyl (C=O) groups excluding carboxylic acids is 2. The number of rotatable bonds is 3. The standard InChI is InChI=1S/C29H28Cl2N8O3/c30-19-8-9-24(38-16-26(31)35-36-38)21(12-19)22-13-27(40)37(17-34-22)23-7-2-1-3-10-33-29(42)25-14-32-15-28(41)39(25)20-6-4-5-18(23)11-20/h4-6,8-9,11-13,16-17,23,25,32H,1-3,7,10,14-15H2,(H,33,42)/t23?,25-/m0/s1. The van der Waals surface area contributed by atoms with E-state index in [0.29, 0.717) is 47.2 Å². The largest absolute Gasteiger partial charge is 0.354 e. The molecule has 6 rings (SSSR count). The second kappa shape index (κ2) is 12.0. The maximum Gasteiger partial charge on any atom is 0.254 e. The van der Waals surface area contributed by atoms with Crippen LogP contribution in [0.2, 0.25) is 10.2 Å². The van der Waals surface area contributed by atoms with Gasteiger partial charge in [-0.1, -0.05) is 53.4 Å². The summed E-state index contributed by atoms with van der Waals surface area (Å²) in [6, 6.07) is 13.2. The van der Waals surface area contributed by atoms with Crippen LogP contribution in [0.25, 0.3) is 16.9 Å². The molecule has 4 aromatic rings. The van der Waals surface area contributed by atoms with Crippen LogP contribution in [0.5, 0.6) is 0 Å². The molecule has 11 nitrogen and oxygen atoms in total. The summed E-state index contributed by atoms with van der Waals surface area (Å²) in [5, 5.41) is 14.6. The molecule has 0 spiro atoms. The third-order valence-corrected chi connectivity index (χ3v) is 8.01. The maximum absolute atomic E-state index is 13.7. The summed E-state index contributed by atoms with van der Waals surface area (Å²) < 4.78 is 3.13. The number of carbonyl (C=O) groups is 2. The Bertz CT molecular complexity index is 1700. The second-order valence-corrected chi connectivity index (χ2v) is 11.2. The highest BCUT2D eigenvalue weighted by Crippen LogP contribution is 2.31. The molecule has 1 unspecified atom stereocenters. The van der Waals surface area contributed by atoms with Crippen molar-refractivity contribution in [2.24, 2.45) is 0 Å². The predicted octanol–water partition coefficient (Wildman–Crippen LogP) is 3.38. The van der Waals surface area contributed by atoms with Crippen molar-refractivity contribution in [2.45, 2.75) is 37.8 Å². The van der Waals surface area contributed by atoms with E-state index in [2.05, 4.69) is 25.9 Å². The lowest BCUT2D eigenvalue weighted by Crippen LogP contribution is -2.61. The second-order valence-electron chi connectivity index (χ2n) is 10.3. The quantitative estimate of drug-likeness (QED) is 0.366. The Morgan fingerprint density at radius 3 is 2.64 bits per heavy atom. The number of fused-ring (bicyclic) bond motifs is 4. The molecule has 2 atom stereocenters. The van der Waals surface area contributed by atoms with Gasteiger partial charge < -0.3 is 10.6 Å². The molecule has 4 heterocycles. The van der Waals surface area contributed by atoms with Gasteiger partial charge in [0.1, 0.15) is 6.04 Å². The van der Waals surface area contributed by atoms with Crippen LogP contribution in [-0.2, 0) is 9.59 Å². The zero-order valence-electron chi connectivity index (χ0n) is 22.5. The average Bonchev–Trinajstić information content (AvgIpc) is 3.42. The lowest BCUT2D eigenvalue weighted by atomic mass is 9.98. The lowest BCUT2D eigenvalue weighted by Gasteiger charge is -2.35. The van der Waals surface area contributed by atoms with Gasteiger partial charge in [0.15, 0.2) is 5.15 Å². The molecular formula is C29H28Cl2N8O3. The van der Waals surface area contributed by atoms with Gasteiger partial charge in [0.05, 0.1) is 36.5 Å². The molecule has 2 N–H and O–H groups in total. The highest BCUT2D eigenvalue weighted by molar-refractivity contribution is 6.31. The highest BCUT2D eigenvalue weighted by Gasteiger charge is 2.34. The summed E-state index contributed by atoms with van der Waals surface area (Å²) in [5.74, 6) is -0.361. The SMILES string of the molecule is O=C1NCCCCCC(n2cnc(-c3cc(Cl)ccc3-n3cc(Cl)nn3)cc2=O)c2cccc(c2)N2C(=O)CNC[C@@H]12. The van der Waals surface area contributed by atoms with E-state index in [1.165, 1.54) is 10.7 Å². The average molecular weight is 608 g/mol. The molecule has 2 amide bonds. The summed E-state index contributed by atoms with van der Waals surface area (Å²) in [7, 11) is 0. The van der Waals surface area contributed by atoms with Crippen molar-refractivity contribution in [1.82, 2.24) is 35.2 Å². The molecule has 1 saturated heterocycles. The summed E-state index contributed by atoms with van der Waals surface area (Å²) >= 11 is 12.3. The Kier molecular flexibility index (Phi) is 8.05. The monoisotopic (exact) mass is 606 g/mol. The van der Waals surface area contributed by atoms with E-state index in [9.17, 15) is 14.4 Å². The lowest BCUT2D eigenvalue weighted by molar-refractivity contribution is -0.127. The van der Waals surface area contributed by atoms with Gasteiger partial charge in [-0.3, -0.25) is 23.9 Å². The van der Waals surface area contributed by atoms with Gasteiger partial charge in [-0.25, -0.2) is 9.67 Å². The summed E-state index contributed by atoms with van der Waals surface area (Å²) in [6.07, 6.45) is 6.28. The Hall–Kier alpha value is -4.06. The van der Waals surface area contributed by atoms with Gasteiger partial charge in [-0.15, -0.1) is 5.10 Å². The molecule has 1 fully saturated rings. The minimum absolute atomic E-state index is 0.147. The van der Waals surface area contributed by atoms with E-state index in [0.717, 1.165) is 24.8 Å². The van der Waals surface area contributed by atoms with Crippen molar-refractivity contribution in [3.05, 3.63) is 87.1 Å². The first kappa shape index (κ1) is 28.1.